The Balaban J connectivity index is 1.19. The Kier molecular flexibility index (Phi) is 4.61. The lowest BCUT2D eigenvalue weighted by Gasteiger charge is -2.39. The lowest BCUT2D eigenvalue weighted by atomic mass is 9.97. The van der Waals surface area contributed by atoms with Crippen LogP contribution in [-0.4, -0.2) is 55.8 Å². The number of nitrogens with zero attached hydrogens (tertiary/aromatic N) is 2. The van der Waals surface area contributed by atoms with E-state index in [0.717, 1.165) is 44.9 Å². The predicted molar refractivity (Wildman–Crippen MR) is 116 cm³/mol. The van der Waals surface area contributed by atoms with Crippen molar-refractivity contribution in [2.45, 2.75) is 18.9 Å². The van der Waals surface area contributed by atoms with Gasteiger partial charge in [-0.1, -0.05) is 6.07 Å². The van der Waals surface area contributed by atoms with Crippen LogP contribution in [0.3, 0.4) is 0 Å². The predicted octanol–water partition coefficient (Wildman–Crippen LogP) is 3.73. The lowest BCUT2D eigenvalue weighted by molar-refractivity contribution is 0.243. The maximum absolute atomic E-state index is 5.35. The highest BCUT2D eigenvalue weighted by Gasteiger charge is 2.24. The summed E-state index contributed by atoms with van der Waals surface area (Å²) < 4.78 is 5.35. The van der Waals surface area contributed by atoms with E-state index in [-0.39, 0.29) is 0 Å². The third kappa shape index (κ3) is 3.31. The summed E-state index contributed by atoms with van der Waals surface area (Å²) in [4.78, 5) is 8.47. The summed E-state index contributed by atoms with van der Waals surface area (Å²) in [5.41, 5.74) is 5.23. The van der Waals surface area contributed by atoms with Crippen LogP contribution < -0.4 is 15.0 Å². The minimum Gasteiger partial charge on any atom is -0.497 e. The third-order valence-electron chi connectivity index (χ3n) is 6.20. The van der Waals surface area contributed by atoms with E-state index < -0.39 is 0 Å². The quantitative estimate of drug-likeness (QED) is 0.728. The molecule has 28 heavy (non-hydrogen) atoms. The van der Waals surface area contributed by atoms with Gasteiger partial charge in [0.15, 0.2) is 0 Å². The smallest absolute Gasteiger partial charge is 0.119 e. The van der Waals surface area contributed by atoms with Gasteiger partial charge in [-0.05, 0) is 54.8 Å². The van der Waals surface area contributed by atoms with Gasteiger partial charge in [-0.25, -0.2) is 0 Å². The molecular formula is C23H28N4O. The number of aromatic nitrogens is 1. The maximum atomic E-state index is 5.35. The number of rotatable bonds is 4. The molecule has 0 amide bonds. The van der Waals surface area contributed by atoms with Crippen LogP contribution in [0.4, 0.5) is 11.4 Å². The monoisotopic (exact) mass is 376 g/mol. The van der Waals surface area contributed by atoms with E-state index in [0.29, 0.717) is 6.04 Å². The summed E-state index contributed by atoms with van der Waals surface area (Å²) in [6.07, 6.45) is 4.34. The molecule has 1 saturated heterocycles. The molecule has 0 radical (unpaired) electrons. The largest absolute Gasteiger partial charge is 0.497 e. The van der Waals surface area contributed by atoms with Crippen LogP contribution in [0.25, 0.3) is 10.9 Å². The Hall–Kier alpha value is -2.66. The average Bonchev–Trinajstić information content (AvgIpc) is 3.23. The number of H-pyrrole nitrogens is 1. The minimum atomic E-state index is 0.528. The van der Waals surface area contributed by atoms with Crippen molar-refractivity contribution in [2.75, 3.05) is 50.1 Å². The number of ether oxygens (including phenoxy) is 1. The third-order valence-corrected chi connectivity index (χ3v) is 6.20. The number of methoxy groups -OCH3 is 1. The van der Waals surface area contributed by atoms with Gasteiger partial charge in [0, 0.05) is 67.2 Å². The zero-order valence-electron chi connectivity index (χ0n) is 16.4. The van der Waals surface area contributed by atoms with Gasteiger partial charge in [-0.3, -0.25) is 4.90 Å². The molecule has 2 aliphatic heterocycles. The molecule has 3 heterocycles. The Morgan fingerprint density at radius 3 is 2.82 bits per heavy atom. The topological polar surface area (TPSA) is 43.5 Å². The van der Waals surface area contributed by atoms with Crippen molar-refractivity contribution < 1.29 is 4.74 Å². The van der Waals surface area contributed by atoms with E-state index >= 15 is 0 Å². The van der Waals surface area contributed by atoms with Crippen LogP contribution >= 0.6 is 0 Å². The Labute approximate surface area is 166 Å². The Morgan fingerprint density at radius 1 is 1.07 bits per heavy atom. The van der Waals surface area contributed by atoms with Crippen molar-refractivity contribution in [3.05, 3.63) is 54.2 Å². The first kappa shape index (κ1) is 17.4. The second-order valence-electron chi connectivity index (χ2n) is 7.91. The molecule has 2 N–H and O–H groups in total. The molecule has 5 rings (SSSR count). The van der Waals surface area contributed by atoms with Crippen LogP contribution in [0, 0.1) is 0 Å². The van der Waals surface area contributed by atoms with Crippen molar-refractivity contribution in [3.63, 3.8) is 0 Å². The fourth-order valence-corrected chi connectivity index (χ4v) is 4.63. The number of anilines is 2. The van der Waals surface area contributed by atoms with Gasteiger partial charge in [0.05, 0.1) is 7.11 Å². The first-order valence-corrected chi connectivity index (χ1v) is 10.3. The van der Waals surface area contributed by atoms with Crippen LogP contribution in [0.1, 0.15) is 12.0 Å². The number of hydrogen-bond acceptors (Lipinski definition) is 4. The van der Waals surface area contributed by atoms with Crippen molar-refractivity contribution in [1.29, 1.82) is 0 Å². The molecule has 0 aliphatic carbocycles. The molecule has 1 unspecified atom stereocenters. The van der Waals surface area contributed by atoms with E-state index in [2.05, 4.69) is 62.6 Å². The second-order valence-corrected chi connectivity index (χ2v) is 7.91. The molecule has 0 spiro atoms. The fraction of sp³-hybridized carbons (Fsp3) is 0.391. The van der Waals surface area contributed by atoms with Gasteiger partial charge in [-0.15, -0.1) is 0 Å². The Bertz CT molecular complexity index is 958. The average molecular weight is 377 g/mol. The summed E-state index contributed by atoms with van der Waals surface area (Å²) in [6.45, 7) is 5.53. The van der Waals surface area contributed by atoms with E-state index in [1.165, 1.54) is 34.3 Å². The lowest BCUT2D eigenvalue weighted by Crippen LogP contribution is -2.50. The van der Waals surface area contributed by atoms with Gasteiger partial charge in [0.2, 0.25) is 0 Å². The molecule has 1 atom stereocenters. The second kappa shape index (κ2) is 7.40. The number of fused-ring (bicyclic) bond motifs is 2. The molecule has 2 aromatic carbocycles. The summed E-state index contributed by atoms with van der Waals surface area (Å²) in [6, 6.07) is 15.6. The molecule has 0 bridgehead atoms. The molecule has 1 fully saturated rings. The van der Waals surface area contributed by atoms with E-state index in [9.17, 15) is 0 Å². The summed E-state index contributed by atoms with van der Waals surface area (Å²) in [5.74, 6) is 0.951. The summed E-state index contributed by atoms with van der Waals surface area (Å²) in [5, 5.41) is 5.07. The van der Waals surface area contributed by atoms with Crippen molar-refractivity contribution in [1.82, 2.24) is 9.88 Å². The number of nitrogens with one attached hydrogen (secondary N) is 2. The number of aromatic amines is 1. The molecule has 1 aromatic heterocycles. The highest BCUT2D eigenvalue weighted by molar-refractivity contribution is 5.92. The van der Waals surface area contributed by atoms with E-state index in [4.69, 9.17) is 4.74 Å². The van der Waals surface area contributed by atoms with Gasteiger partial charge in [0.1, 0.15) is 5.75 Å². The van der Waals surface area contributed by atoms with Crippen molar-refractivity contribution in [2.24, 2.45) is 0 Å². The number of benzene rings is 2. The number of aryl methyl sites for hydroxylation is 1. The number of hydrogen-bond donors (Lipinski definition) is 2. The molecule has 3 aromatic rings. The molecular weight excluding hydrogens is 348 g/mol. The first-order valence-electron chi connectivity index (χ1n) is 10.3. The molecule has 2 aliphatic rings. The normalized spacial score (nSPS) is 20.0. The highest BCUT2D eigenvalue weighted by atomic mass is 16.5. The van der Waals surface area contributed by atoms with E-state index in [1.54, 1.807) is 7.11 Å². The molecule has 5 heteroatoms. The van der Waals surface area contributed by atoms with Crippen LogP contribution in [0.5, 0.6) is 5.75 Å². The van der Waals surface area contributed by atoms with E-state index in [1.807, 2.05) is 6.20 Å². The molecule has 146 valence electrons. The SMILES string of the molecule is COc1ccc2c(c1)CCC(CN1CCN(c3cccc4[nH]ccc34)CC1)N2. The molecule has 0 saturated carbocycles. The van der Waals surface area contributed by atoms with Crippen LogP contribution in [0.15, 0.2) is 48.7 Å². The van der Waals surface area contributed by atoms with Gasteiger partial charge >= 0.3 is 0 Å². The zero-order chi connectivity index (χ0) is 18.9. The maximum Gasteiger partial charge on any atom is 0.119 e. The fourth-order valence-electron chi connectivity index (χ4n) is 4.63. The zero-order valence-corrected chi connectivity index (χ0v) is 16.4. The van der Waals surface area contributed by atoms with Crippen LogP contribution in [-0.2, 0) is 6.42 Å². The van der Waals surface area contributed by atoms with Gasteiger partial charge in [0.25, 0.3) is 0 Å². The molecule has 5 nitrogen and oxygen atoms in total. The van der Waals surface area contributed by atoms with Crippen molar-refractivity contribution in [3.8, 4) is 5.75 Å². The highest BCUT2D eigenvalue weighted by Crippen LogP contribution is 2.30. The summed E-state index contributed by atoms with van der Waals surface area (Å²) in [7, 11) is 1.73. The summed E-state index contributed by atoms with van der Waals surface area (Å²) >= 11 is 0. The number of piperazine rings is 1. The van der Waals surface area contributed by atoms with Crippen molar-refractivity contribution >= 4 is 22.3 Å². The minimum absolute atomic E-state index is 0.528. The Morgan fingerprint density at radius 2 is 1.96 bits per heavy atom. The standard InChI is InChI=1S/C23H28N4O/c1-28-19-7-8-21-17(15-19)5-6-18(25-21)16-26-11-13-27(14-12-26)23-4-2-3-22-20(23)9-10-24-22/h2-4,7-10,15,18,24-25H,5-6,11-14,16H2,1H3. The first-order chi connectivity index (χ1) is 13.8. The van der Waals surface area contributed by atoms with Gasteiger partial charge in [-0.2, -0.15) is 0 Å². The van der Waals surface area contributed by atoms with Crippen LogP contribution in [0.2, 0.25) is 0 Å². The van der Waals surface area contributed by atoms with Gasteiger partial charge < -0.3 is 19.9 Å².